The van der Waals surface area contributed by atoms with Gasteiger partial charge in [-0.3, -0.25) is 0 Å². The smallest absolute Gasteiger partial charge is 0.159 e. The van der Waals surface area contributed by atoms with Crippen molar-refractivity contribution < 1.29 is 9.47 Å². The molecule has 3 rings (SSSR count). The molecule has 0 saturated carbocycles. The fourth-order valence-corrected chi connectivity index (χ4v) is 3.97. The molecule has 2 aromatic rings. The van der Waals surface area contributed by atoms with Crippen LogP contribution in [0.5, 0.6) is 5.75 Å². The van der Waals surface area contributed by atoms with E-state index >= 15 is 0 Å². The Balaban J connectivity index is 1.35. The Morgan fingerprint density at radius 1 is 0.774 bits per heavy atom. The van der Waals surface area contributed by atoms with Crippen LogP contribution in [0.25, 0.3) is 11.4 Å². The highest BCUT2D eigenvalue weighted by Crippen LogP contribution is 2.28. The summed E-state index contributed by atoms with van der Waals surface area (Å²) in [7, 11) is 0. The zero-order chi connectivity index (χ0) is 21.7. The summed E-state index contributed by atoms with van der Waals surface area (Å²) < 4.78 is 11.6. The highest BCUT2D eigenvalue weighted by Gasteiger charge is 2.38. The second-order valence-corrected chi connectivity index (χ2v) is 8.83. The number of benzene rings is 1. The first-order valence-corrected chi connectivity index (χ1v) is 12.5. The van der Waals surface area contributed by atoms with Gasteiger partial charge in [-0.05, 0) is 49.1 Å². The van der Waals surface area contributed by atoms with E-state index in [9.17, 15) is 0 Å². The van der Waals surface area contributed by atoms with Crippen molar-refractivity contribution in [3.8, 4) is 17.1 Å². The number of aryl methyl sites for hydroxylation is 1. The van der Waals surface area contributed by atoms with Gasteiger partial charge in [-0.15, -0.1) is 0 Å². The molecule has 170 valence electrons. The lowest BCUT2D eigenvalue weighted by atomic mass is 10.1. The van der Waals surface area contributed by atoms with Gasteiger partial charge in [0.15, 0.2) is 5.82 Å². The Morgan fingerprint density at radius 2 is 1.42 bits per heavy atom. The number of unbranched alkanes of at least 4 members (excludes halogenated alkanes) is 8. The summed E-state index contributed by atoms with van der Waals surface area (Å²) in [5.74, 6) is 1.65. The Labute approximate surface area is 188 Å². The Bertz CT molecular complexity index is 730. The van der Waals surface area contributed by atoms with Crippen LogP contribution in [0.3, 0.4) is 0 Å². The van der Waals surface area contributed by atoms with E-state index < -0.39 is 0 Å². The van der Waals surface area contributed by atoms with E-state index in [0.717, 1.165) is 30.0 Å². The van der Waals surface area contributed by atoms with Gasteiger partial charge in [0.05, 0.1) is 6.10 Å². The van der Waals surface area contributed by atoms with Gasteiger partial charge in [0.1, 0.15) is 18.5 Å². The van der Waals surface area contributed by atoms with Crippen molar-refractivity contribution in [3.05, 3.63) is 42.2 Å². The fourth-order valence-electron chi connectivity index (χ4n) is 3.97. The lowest BCUT2D eigenvalue weighted by molar-refractivity contribution is 0.259. The molecular weight excluding hydrogens is 384 g/mol. The second-order valence-electron chi connectivity index (χ2n) is 8.83. The van der Waals surface area contributed by atoms with Crippen molar-refractivity contribution in [2.45, 2.75) is 103 Å². The summed E-state index contributed by atoms with van der Waals surface area (Å²) in [6.07, 6.45) is 20.0. The predicted molar refractivity (Wildman–Crippen MR) is 127 cm³/mol. The molecule has 31 heavy (non-hydrogen) atoms. The monoisotopic (exact) mass is 424 g/mol. The second kappa shape index (κ2) is 13.5. The van der Waals surface area contributed by atoms with Crippen LogP contribution in [-0.4, -0.2) is 28.8 Å². The standard InChI is InChI=1S/C27H40N2O2/c1-3-5-7-8-9-10-12-13-22-19-28-27(29-20-22)23-15-17-24(18-16-23)30-21-26-25(31-26)14-11-6-4-2/h15-20,25-26H,3-14,21H2,1-2H3/t25-,26-/m0/s1. The first-order chi connectivity index (χ1) is 15.3. The van der Waals surface area contributed by atoms with Gasteiger partial charge in [-0.1, -0.05) is 71.6 Å². The lowest BCUT2D eigenvalue weighted by Gasteiger charge is -2.06. The van der Waals surface area contributed by atoms with Crippen molar-refractivity contribution in [2.75, 3.05) is 6.61 Å². The molecule has 1 aromatic carbocycles. The van der Waals surface area contributed by atoms with Crippen LogP contribution in [0.1, 0.15) is 90.0 Å². The molecule has 2 atom stereocenters. The summed E-state index contributed by atoms with van der Waals surface area (Å²) in [4.78, 5) is 9.15. The van der Waals surface area contributed by atoms with E-state index in [1.165, 1.54) is 69.8 Å². The maximum atomic E-state index is 5.90. The molecule has 0 aliphatic carbocycles. The predicted octanol–water partition coefficient (Wildman–Crippen LogP) is 7.16. The van der Waals surface area contributed by atoms with E-state index in [4.69, 9.17) is 9.47 Å². The summed E-state index contributed by atoms with van der Waals surface area (Å²) in [6.45, 7) is 5.13. The molecule has 0 unspecified atom stereocenters. The van der Waals surface area contributed by atoms with Gasteiger partial charge in [-0.25, -0.2) is 9.97 Å². The maximum absolute atomic E-state index is 5.90. The maximum Gasteiger partial charge on any atom is 0.159 e. The van der Waals surface area contributed by atoms with Crippen molar-refractivity contribution >= 4 is 0 Å². The van der Waals surface area contributed by atoms with E-state index in [1.807, 2.05) is 36.7 Å². The SMILES string of the molecule is CCCCCCCCCc1cnc(-c2ccc(OC[C@@H]3O[C@H]3CCCCC)cc2)nc1. The van der Waals surface area contributed by atoms with Crippen molar-refractivity contribution in [2.24, 2.45) is 0 Å². The quantitative estimate of drug-likeness (QED) is 0.212. The number of epoxide rings is 1. The van der Waals surface area contributed by atoms with E-state index in [0.29, 0.717) is 12.7 Å². The summed E-state index contributed by atoms with van der Waals surface area (Å²) in [6, 6.07) is 8.07. The van der Waals surface area contributed by atoms with Crippen LogP contribution in [-0.2, 0) is 11.2 Å². The summed E-state index contributed by atoms with van der Waals surface area (Å²) in [5, 5.41) is 0. The van der Waals surface area contributed by atoms with Gasteiger partial charge < -0.3 is 9.47 Å². The van der Waals surface area contributed by atoms with Crippen molar-refractivity contribution in [1.82, 2.24) is 9.97 Å². The number of ether oxygens (including phenoxy) is 2. The Kier molecular flexibility index (Phi) is 10.3. The van der Waals surface area contributed by atoms with Crippen LogP contribution < -0.4 is 4.74 Å². The summed E-state index contributed by atoms with van der Waals surface area (Å²) in [5.41, 5.74) is 2.25. The number of hydrogen-bond donors (Lipinski definition) is 0. The molecule has 4 nitrogen and oxygen atoms in total. The minimum atomic E-state index is 0.267. The molecule has 1 fully saturated rings. The van der Waals surface area contributed by atoms with Crippen molar-refractivity contribution in [1.29, 1.82) is 0 Å². The molecule has 4 heteroatoms. The van der Waals surface area contributed by atoms with Crippen molar-refractivity contribution in [3.63, 3.8) is 0 Å². The third kappa shape index (κ3) is 8.60. The van der Waals surface area contributed by atoms with Crippen LogP contribution >= 0.6 is 0 Å². The number of aromatic nitrogens is 2. The Morgan fingerprint density at radius 3 is 2.13 bits per heavy atom. The minimum Gasteiger partial charge on any atom is -0.491 e. The highest BCUT2D eigenvalue weighted by atomic mass is 16.6. The topological polar surface area (TPSA) is 47.5 Å². The van der Waals surface area contributed by atoms with Crippen LogP contribution in [0.2, 0.25) is 0 Å². The zero-order valence-corrected chi connectivity index (χ0v) is 19.5. The highest BCUT2D eigenvalue weighted by molar-refractivity contribution is 5.55. The van der Waals surface area contributed by atoms with E-state index in [2.05, 4.69) is 23.8 Å². The van der Waals surface area contributed by atoms with Gasteiger partial charge in [0.2, 0.25) is 0 Å². The first kappa shape index (κ1) is 23.7. The van der Waals surface area contributed by atoms with E-state index in [-0.39, 0.29) is 6.10 Å². The molecule has 0 spiro atoms. The third-order valence-corrected chi connectivity index (χ3v) is 6.08. The van der Waals surface area contributed by atoms with Crippen LogP contribution in [0.4, 0.5) is 0 Å². The molecule has 0 N–H and O–H groups in total. The average Bonchev–Trinajstić information content (AvgIpc) is 3.56. The molecule has 0 bridgehead atoms. The number of nitrogens with zero attached hydrogens (tertiary/aromatic N) is 2. The molecule has 0 radical (unpaired) electrons. The molecule has 1 aliphatic heterocycles. The van der Waals surface area contributed by atoms with Crippen LogP contribution in [0.15, 0.2) is 36.7 Å². The largest absolute Gasteiger partial charge is 0.491 e. The Hall–Kier alpha value is -1.94. The molecule has 1 saturated heterocycles. The molecule has 0 amide bonds. The molecule has 1 aliphatic rings. The van der Waals surface area contributed by atoms with Gasteiger partial charge in [-0.2, -0.15) is 0 Å². The lowest BCUT2D eigenvalue weighted by Crippen LogP contribution is -2.07. The fraction of sp³-hybridized carbons (Fsp3) is 0.630. The van der Waals surface area contributed by atoms with Gasteiger partial charge in [0, 0.05) is 18.0 Å². The van der Waals surface area contributed by atoms with Gasteiger partial charge in [0.25, 0.3) is 0 Å². The third-order valence-electron chi connectivity index (χ3n) is 6.08. The van der Waals surface area contributed by atoms with Gasteiger partial charge >= 0.3 is 0 Å². The first-order valence-electron chi connectivity index (χ1n) is 12.5. The molecule has 2 heterocycles. The number of hydrogen-bond acceptors (Lipinski definition) is 4. The molecular formula is C27H40N2O2. The average molecular weight is 425 g/mol. The normalized spacial score (nSPS) is 17.6. The zero-order valence-electron chi connectivity index (χ0n) is 19.5. The van der Waals surface area contributed by atoms with Crippen LogP contribution in [0, 0.1) is 0 Å². The minimum absolute atomic E-state index is 0.267. The van der Waals surface area contributed by atoms with E-state index in [1.54, 1.807) is 0 Å². The molecule has 1 aromatic heterocycles. The number of rotatable bonds is 16. The summed E-state index contributed by atoms with van der Waals surface area (Å²) >= 11 is 0.